The van der Waals surface area contributed by atoms with Crippen molar-refractivity contribution in [1.29, 1.82) is 0 Å². The fourth-order valence-corrected chi connectivity index (χ4v) is 2.95. The van der Waals surface area contributed by atoms with E-state index in [1.165, 1.54) is 0 Å². The summed E-state index contributed by atoms with van der Waals surface area (Å²) in [6.45, 7) is 3.41. The van der Waals surface area contributed by atoms with E-state index in [4.69, 9.17) is 0 Å². The number of imide groups is 1. The molecule has 122 valence electrons. The van der Waals surface area contributed by atoms with Gasteiger partial charge in [-0.2, -0.15) is 0 Å². The summed E-state index contributed by atoms with van der Waals surface area (Å²) in [4.78, 5) is 35.5. The van der Waals surface area contributed by atoms with Crippen LogP contribution in [0.2, 0.25) is 0 Å². The van der Waals surface area contributed by atoms with Crippen molar-refractivity contribution in [3.63, 3.8) is 0 Å². The van der Waals surface area contributed by atoms with Crippen molar-refractivity contribution in [3.05, 3.63) is 35.4 Å². The van der Waals surface area contributed by atoms with Gasteiger partial charge in [0.05, 0.1) is 0 Å². The number of carbonyl (C=O) groups is 3. The van der Waals surface area contributed by atoms with E-state index in [0.29, 0.717) is 11.1 Å². The Hall–Kier alpha value is -2.41. The van der Waals surface area contributed by atoms with Crippen LogP contribution in [0, 0.1) is 0 Å². The van der Waals surface area contributed by atoms with Crippen LogP contribution in [0.25, 0.3) is 0 Å². The Morgan fingerprint density at radius 1 is 1.26 bits per heavy atom. The van der Waals surface area contributed by atoms with Gasteiger partial charge in [-0.15, -0.1) is 0 Å². The van der Waals surface area contributed by atoms with E-state index >= 15 is 0 Å². The number of hydrogen-bond donors (Lipinski definition) is 4. The minimum Gasteiger partial charge on any atom is -0.348 e. The lowest BCUT2D eigenvalue weighted by Crippen LogP contribution is -2.45. The van der Waals surface area contributed by atoms with Gasteiger partial charge in [0.25, 0.3) is 11.8 Å². The van der Waals surface area contributed by atoms with Gasteiger partial charge in [0.1, 0.15) is 5.54 Å². The monoisotopic (exact) mass is 316 g/mol. The first-order chi connectivity index (χ1) is 11.0. The first-order valence-electron chi connectivity index (χ1n) is 7.75. The quantitative estimate of drug-likeness (QED) is 0.600. The molecule has 7 heteroatoms. The third-order valence-corrected chi connectivity index (χ3v) is 4.40. The Balaban J connectivity index is 1.70. The molecule has 2 aliphatic heterocycles. The van der Waals surface area contributed by atoms with E-state index in [1.807, 2.05) is 0 Å². The predicted molar refractivity (Wildman–Crippen MR) is 83.8 cm³/mol. The van der Waals surface area contributed by atoms with Gasteiger partial charge in [0.2, 0.25) is 0 Å². The zero-order valence-electron chi connectivity index (χ0n) is 12.9. The molecule has 0 spiro atoms. The third kappa shape index (κ3) is 3.05. The first kappa shape index (κ1) is 15.5. The van der Waals surface area contributed by atoms with Gasteiger partial charge in [0, 0.05) is 18.2 Å². The number of rotatable bonds is 3. The summed E-state index contributed by atoms with van der Waals surface area (Å²) in [6.07, 6.45) is 2.03. The van der Waals surface area contributed by atoms with Gasteiger partial charge in [-0.1, -0.05) is 12.1 Å². The summed E-state index contributed by atoms with van der Waals surface area (Å²) in [6, 6.07) is 6.36. The van der Waals surface area contributed by atoms with E-state index in [-0.39, 0.29) is 11.9 Å². The Kier molecular flexibility index (Phi) is 4.04. The molecule has 1 aromatic carbocycles. The maximum atomic E-state index is 12.3. The highest BCUT2D eigenvalue weighted by molar-refractivity contribution is 6.07. The van der Waals surface area contributed by atoms with Gasteiger partial charge in [-0.25, -0.2) is 4.79 Å². The molecule has 2 heterocycles. The molecule has 0 bridgehead atoms. The molecule has 1 aromatic rings. The van der Waals surface area contributed by atoms with Crippen LogP contribution in [0.3, 0.4) is 0 Å². The summed E-state index contributed by atoms with van der Waals surface area (Å²) in [7, 11) is 0. The Labute approximate surface area is 134 Å². The number of carbonyl (C=O) groups excluding carboxylic acids is 3. The van der Waals surface area contributed by atoms with Crippen LogP contribution in [-0.2, 0) is 10.3 Å². The SMILES string of the molecule is CC1(c2ccc(C(=O)NC3CCCNC3)cc2)NC(=O)NC1=O. The topological polar surface area (TPSA) is 99.3 Å². The maximum absolute atomic E-state index is 12.3. The Morgan fingerprint density at radius 3 is 2.57 bits per heavy atom. The van der Waals surface area contributed by atoms with Crippen LogP contribution < -0.4 is 21.3 Å². The lowest BCUT2D eigenvalue weighted by atomic mass is 9.91. The molecule has 2 saturated heterocycles. The van der Waals surface area contributed by atoms with Gasteiger partial charge in [0.15, 0.2) is 0 Å². The molecule has 2 atom stereocenters. The number of piperidine rings is 1. The van der Waals surface area contributed by atoms with Crippen molar-refractivity contribution in [1.82, 2.24) is 21.3 Å². The maximum Gasteiger partial charge on any atom is 0.322 e. The summed E-state index contributed by atoms with van der Waals surface area (Å²) >= 11 is 0. The second kappa shape index (κ2) is 6.00. The van der Waals surface area contributed by atoms with Crippen LogP contribution in [0.1, 0.15) is 35.7 Å². The van der Waals surface area contributed by atoms with Gasteiger partial charge in [-0.05, 0) is 44.0 Å². The van der Waals surface area contributed by atoms with Crippen LogP contribution in [0.5, 0.6) is 0 Å². The molecule has 2 aliphatic rings. The van der Waals surface area contributed by atoms with Crippen LogP contribution in [-0.4, -0.2) is 37.0 Å². The average molecular weight is 316 g/mol. The molecule has 4 N–H and O–H groups in total. The number of hydrogen-bond acceptors (Lipinski definition) is 4. The van der Waals surface area contributed by atoms with Crippen molar-refractivity contribution in [2.45, 2.75) is 31.3 Å². The predicted octanol–water partition coefficient (Wildman–Crippen LogP) is 0.223. The highest BCUT2D eigenvalue weighted by Gasteiger charge is 2.43. The summed E-state index contributed by atoms with van der Waals surface area (Å²) in [5.74, 6) is -0.525. The number of nitrogens with one attached hydrogen (secondary N) is 4. The third-order valence-electron chi connectivity index (χ3n) is 4.40. The molecule has 0 radical (unpaired) electrons. The number of amides is 4. The van der Waals surface area contributed by atoms with E-state index < -0.39 is 17.5 Å². The highest BCUT2D eigenvalue weighted by Crippen LogP contribution is 2.24. The van der Waals surface area contributed by atoms with E-state index in [9.17, 15) is 14.4 Å². The minimum atomic E-state index is -1.10. The molecular formula is C16H20N4O3. The van der Waals surface area contributed by atoms with Crippen LogP contribution in [0.15, 0.2) is 24.3 Å². The highest BCUT2D eigenvalue weighted by atomic mass is 16.2. The van der Waals surface area contributed by atoms with Gasteiger partial charge >= 0.3 is 6.03 Å². The number of urea groups is 1. The summed E-state index contributed by atoms with van der Waals surface area (Å²) in [5, 5.41) is 11.1. The smallest absolute Gasteiger partial charge is 0.322 e. The second-order valence-electron chi connectivity index (χ2n) is 6.13. The van der Waals surface area contributed by atoms with Crippen molar-refractivity contribution in [2.75, 3.05) is 13.1 Å². The molecule has 2 unspecified atom stereocenters. The standard InChI is InChI=1S/C16H20N4O3/c1-16(14(22)19-15(23)20-16)11-6-4-10(5-7-11)13(21)18-12-3-2-8-17-9-12/h4-7,12,17H,2-3,8-9H2,1H3,(H,18,21)(H2,19,20,22,23). The fourth-order valence-electron chi connectivity index (χ4n) is 2.95. The lowest BCUT2D eigenvalue weighted by molar-refractivity contribution is -0.123. The molecule has 7 nitrogen and oxygen atoms in total. The van der Waals surface area contributed by atoms with E-state index in [0.717, 1.165) is 25.9 Å². The molecule has 4 amide bonds. The molecule has 23 heavy (non-hydrogen) atoms. The van der Waals surface area contributed by atoms with Crippen molar-refractivity contribution in [3.8, 4) is 0 Å². The Bertz CT molecular complexity index is 637. The van der Waals surface area contributed by atoms with Crippen molar-refractivity contribution in [2.24, 2.45) is 0 Å². The molecule has 0 aromatic heterocycles. The summed E-state index contributed by atoms with van der Waals surface area (Å²) in [5.41, 5.74) is 0.0729. The molecule has 2 fully saturated rings. The molecular weight excluding hydrogens is 296 g/mol. The molecule has 3 rings (SSSR count). The second-order valence-corrected chi connectivity index (χ2v) is 6.13. The zero-order valence-corrected chi connectivity index (χ0v) is 12.9. The minimum absolute atomic E-state index is 0.129. The molecule has 0 saturated carbocycles. The van der Waals surface area contributed by atoms with Crippen LogP contribution >= 0.6 is 0 Å². The fraction of sp³-hybridized carbons (Fsp3) is 0.438. The van der Waals surface area contributed by atoms with E-state index in [2.05, 4.69) is 21.3 Å². The van der Waals surface area contributed by atoms with Crippen molar-refractivity contribution >= 4 is 17.8 Å². The van der Waals surface area contributed by atoms with Crippen LogP contribution in [0.4, 0.5) is 4.79 Å². The first-order valence-corrected chi connectivity index (χ1v) is 7.75. The number of benzene rings is 1. The zero-order chi connectivity index (χ0) is 16.4. The average Bonchev–Trinajstić information content (AvgIpc) is 2.82. The van der Waals surface area contributed by atoms with Crippen molar-refractivity contribution < 1.29 is 14.4 Å². The van der Waals surface area contributed by atoms with Gasteiger partial charge < -0.3 is 16.0 Å². The normalized spacial score (nSPS) is 27.3. The van der Waals surface area contributed by atoms with E-state index in [1.54, 1.807) is 31.2 Å². The largest absolute Gasteiger partial charge is 0.348 e. The lowest BCUT2D eigenvalue weighted by Gasteiger charge is -2.24. The Morgan fingerprint density at radius 2 is 2.00 bits per heavy atom. The molecule has 0 aliphatic carbocycles. The summed E-state index contributed by atoms with van der Waals surface area (Å²) < 4.78 is 0. The van der Waals surface area contributed by atoms with Gasteiger partial charge in [-0.3, -0.25) is 14.9 Å².